The van der Waals surface area contributed by atoms with Crippen molar-refractivity contribution in [2.75, 3.05) is 12.4 Å². The van der Waals surface area contributed by atoms with Gasteiger partial charge in [-0.15, -0.1) is 10.2 Å². The number of benzene rings is 4. The summed E-state index contributed by atoms with van der Waals surface area (Å²) in [4.78, 5) is 13.6. The van der Waals surface area contributed by atoms with Crippen molar-refractivity contribution in [1.29, 1.82) is 0 Å². The minimum absolute atomic E-state index is 0.207. The van der Waals surface area contributed by atoms with Gasteiger partial charge in [-0.2, -0.15) is 0 Å². The molecule has 184 valence electrons. The largest absolute Gasteiger partial charge is 0.495 e. The average molecular weight is 527 g/mol. The second-order valence-electron chi connectivity index (χ2n) is 8.09. The molecule has 1 unspecified atom stereocenters. The Kier molecular flexibility index (Phi) is 7.54. The molecular formula is C29H23ClN4O2S. The number of carbonyl (C=O) groups is 1. The van der Waals surface area contributed by atoms with E-state index < -0.39 is 5.25 Å². The Morgan fingerprint density at radius 3 is 2.19 bits per heavy atom. The van der Waals surface area contributed by atoms with Crippen LogP contribution in [-0.4, -0.2) is 27.8 Å². The number of methoxy groups -OCH3 is 1. The first-order valence-corrected chi connectivity index (χ1v) is 12.8. The Bertz CT molecular complexity index is 1490. The fourth-order valence-electron chi connectivity index (χ4n) is 3.89. The molecule has 1 amide bonds. The van der Waals surface area contributed by atoms with Gasteiger partial charge < -0.3 is 10.1 Å². The summed E-state index contributed by atoms with van der Waals surface area (Å²) in [5.74, 6) is 1.03. The lowest BCUT2D eigenvalue weighted by atomic mass is 10.1. The molecule has 0 saturated heterocycles. The normalized spacial score (nSPS) is 11.6. The molecule has 1 aromatic heterocycles. The lowest BCUT2D eigenvalue weighted by Gasteiger charge is -2.18. The van der Waals surface area contributed by atoms with Crippen LogP contribution in [0.4, 0.5) is 5.69 Å². The number of nitrogens with one attached hydrogen (secondary N) is 1. The number of ether oxygens (including phenoxy) is 1. The van der Waals surface area contributed by atoms with E-state index in [1.165, 1.54) is 11.8 Å². The molecule has 0 spiro atoms. The number of rotatable bonds is 8. The van der Waals surface area contributed by atoms with Crippen LogP contribution in [0.15, 0.2) is 114 Å². The quantitative estimate of drug-likeness (QED) is 0.219. The second kappa shape index (κ2) is 11.3. The van der Waals surface area contributed by atoms with E-state index in [1.54, 1.807) is 25.3 Å². The first-order valence-electron chi connectivity index (χ1n) is 11.6. The highest BCUT2D eigenvalue weighted by molar-refractivity contribution is 8.00. The van der Waals surface area contributed by atoms with Crippen LogP contribution in [0.2, 0.25) is 5.02 Å². The summed E-state index contributed by atoms with van der Waals surface area (Å²) in [6.45, 7) is 0. The molecule has 0 aliphatic carbocycles. The van der Waals surface area contributed by atoms with Crippen molar-refractivity contribution in [2.45, 2.75) is 10.4 Å². The smallest absolute Gasteiger partial charge is 0.242 e. The molecule has 37 heavy (non-hydrogen) atoms. The Hall–Kier alpha value is -4.07. The predicted octanol–water partition coefficient (Wildman–Crippen LogP) is 7.07. The average Bonchev–Trinajstić information content (AvgIpc) is 3.37. The van der Waals surface area contributed by atoms with Crippen molar-refractivity contribution in [1.82, 2.24) is 14.8 Å². The number of halogens is 1. The van der Waals surface area contributed by atoms with Crippen LogP contribution in [0.1, 0.15) is 10.8 Å². The molecule has 0 bridgehead atoms. The van der Waals surface area contributed by atoms with Crippen molar-refractivity contribution < 1.29 is 9.53 Å². The van der Waals surface area contributed by atoms with Gasteiger partial charge in [0, 0.05) is 16.9 Å². The molecular weight excluding hydrogens is 504 g/mol. The minimum atomic E-state index is -0.600. The first kappa shape index (κ1) is 24.6. The van der Waals surface area contributed by atoms with Crippen LogP contribution in [0, 0.1) is 0 Å². The fourth-order valence-corrected chi connectivity index (χ4v) is 5.20. The molecule has 0 aliphatic heterocycles. The summed E-state index contributed by atoms with van der Waals surface area (Å²) in [7, 11) is 1.55. The maximum absolute atomic E-state index is 13.6. The van der Waals surface area contributed by atoms with Crippen LogP contribution >= 0.6 is 23.4 Å². The van der Waals surface area contributed by atoms with Crippen molar-refractivity contribution in [3.8, 4) is 22.8 Å². The van der Waals surface area contributed by atoms with Gasteiger partial charge in [-0.1, -0.05) is 102 Å². The van der Waals surface area contributed by atoms with Crippen molar-refractivity contribution in [3.05, 3.63) is 120 Å². The zero-order chi connectivity index (χ0) is 25.6. The summed E-state index contributed by atoms with van der Waals surface area (Å²) < 4.78 is 7.21. The van der Waals surface area contributed by atoms with Gasteiger partial charge in [0.05, 0.1) is 12.1 Å². The van der Waals surface area contributed by atoms with Gasteiger partial charge in [0.25, 0.3) is 0 Å². The molecule has 1 heterocycles. The van der Waals surface area contributed by atoms with Crippen molar-refractivity contribution in [3.63, 3.8) is 0 Å². The van der Waals surface area contributed by atoms with Crippen LogP contribution in [0.5, 0.6) is 5.75 Å². The van der Waals surface area contributed by atoms with E-state index in [-0.39, 0.29) is 5.91 Å². The lowest BCUT2D eigenvalue weighted by Crippen LogP contribution is -2.19. The zero-order valence-corrected chi connectivity index (χ0v) is 21.5. The topological polar surface area (TPSA) is 69.0 Å². The van der Waals surface area contributed by atoms with Gasteiger partial charge in [0.15, 0.2) is 11.0 Å². The summed E-state index contributed by atoms with van der Waals surface area (Å²) in [5, 5.41) is 12.4. The summed E-state index contributed by atoms with van der Waals surface area (Å²) in [6.07, 6.45) is 0. The number of thioether (sulfide) groups is 1. The summed E-state index contributed by atoms with van der Waals surface area (Å²) in [5.41, 5.74) is 3.25. The molecule has 5 rings (SSSR count). The predicted molar refractivity (Wildman–Crippen MR) is 148 cm³/mol. The Morgan fingerprint density at radius 2 is 1.54 bits per heavy atom. The number of nitrogens with zero attached hydrogens (tertiary/aromatic N) is 3. The van der Waals surface area contributed by atoms with E-state index in [0.29, 0.717) is 27.4 Å². The standard InChI is InChI=1S/C29H23ClN4O2S/c1-36-25-18-17-22(19-24(25)30)31-28(35)26(20-11-5-2-6-12-20)37-29-33-32-27(21-13-7-3-8-14-21)34(29)23-15-9-4-10-16-23/h2-19,26H,1H3,(H,31,35). The van der Waals surface area contributed by atoms with Crippen LogP contribution < -0.4 is 10.1 Å². The number of anilines is 1. The molecule has 5 aromatic rings. The SMILES string of the molecule is COc1ccc(NC(=O)C(Sc2nnc(-c3ccccc3)n2-c2ccccc2)c2ccccc2)cc1Cl. The van der Waals surface area contributed by atoms with Gasteiger partial charge in [-0.05, 0) is 35.9 Å². The third-order valence-corrected chi connectivity index (χ3v) is 7.16. The summed E-state index contributed by atoms with van der Waals surface area (Å²) >= 11 is 7.62. The Balaban J connectivity index is 1.53. The molecule has 0 aliphatic rings. The fraction of sp³-hybridized carbons (Fsp3) is 0.0690. The maximum atomic E-state index is 13.6. The number of carbonyl (C=O) groups excluding carboxylic acids is 1. The highest BCUT2D eigenvalue weighted by Gasteiger charge is 2.27. The number of hydrogen-bond donors (Lipinski definition) is 1. The third-order valence-electron chi connectivity index (χ3n) is 5.66. The van der Waals surface area contributed by atoms with Crippen molar-refractivity contribution >= 4 is 35.0 Å². The maximum Gasteiger partial charge on any atom is 0.242 e. The van der Waals surface area contributed by atoms with Gasteiger partial charge >= 0.3 is 0 Å². The van der Waals surface area contributed by atoms with Gasteiger partial charge in [-0.3, -0.25) is 9.36 Å². The molecule has 0 saturated carbocycles. The van der Waals surface area contributed by atoms with Crippen LogP contribution in [-0.2, 0) is 4.79 Å². The number of amides is 1. The second-order valence-corrected chi connectivity index (χ2v) is 9.57. The molecule has 1 atom stereocenters. The highest BCUT2D eigenvalue weighted by Crippen LogP contribution is 2.38. The monoisotopic (exact) mass is 526 g/mol. The molecule has 4 aromatic carbocycles. The Labute approximate surface area is 224 Å². The van der Waals surface area contributed by atoms with Gasteiger partial charge in [0.2, 0.25) is 5.91 Å². The van der Waals surface area contributed by atoms with Crippen LogP contribution in [0.25, 0.3) is 17.1 Å². The van der Waals surface area contributed by atoms with E-state index in [4.69, 9.17) is 16.3 Å². The van der Waals surface area contributed by atoms with Crippen LogP contribution in [0.3, 0.4) is 0 Å². The van der Waals surface area contributed by atoms with E-state index in [2.05, 4.69) is 15.5 Å². The molecule has 6 nitrogen and oxygen atoms in total. The van der Waals surface area contributed by atoms with E-state index >= 15 is 0 Å². The third kappa shape index (κ3) is 5.53. The summed E-state index contributed by atoms with van der Waals surface area (Å²) in [6, 6.07) is 34.5. The van der Waals surface area contributed by atoms with E-state index in [9.17, 15) is 4.79 Å². The molecule has 1 N–H and O–H groups in total. The number of para-hydroxylation sites is 1. The van der Waals surface area contributed by atoms with E-state index in [0.717, 1.165) is 16.8 Å². The Morgan fingerprint density at radius 1 is 0.892 bits per heavy atom. The molecule has 0 fully saturated rings. The van der Waals surface area contributed by atoms with E-state index in [1.807, 2.05) is 95.6 Å². The van der Waals surface area contributed by atoms with Crippen molar-refractivity contribution in [2.24, 2.45) is 0 Å². The zero-order valence-electron chi connectivity index (χ0n) is 19.9. The minimum Gasteiger partial charge on any atom is -0.495 e. The number of aromatic nitrogens is 3. The molecule has 8 heteroatoms. The molecule has 0 radical (unpaired) electrons. The number of hydrogen-bond acceptors (Lipinski definition) is 5. The van der Waals surface area contributed by atoms with Gasteiger partial charge in [0.1, 0.15) is 11.0 Å². The van der Waals surface area contributed by atoms with Gasteiger partial charge in [-0.25, -0.2) is 0 Å². The first-order chi connectivity index (χ1) is 18.1. The lowest BCUT2D eigenvalue weighted by molar-refractivity contribution is -0.115. The highest BCUT2D eigenvalue weighted by atomic mass is 35.5.